The molecule has 1 aliphatic heterocycles. The van der Waals surface area contributed by atoms with Crippen LogP contribution >= 0.6 is 0 Å². The molecular weight excluding hydrogens is 252 g/mol. The van der Waals surface area contributed by atoms with Gasteiger partial charge >= 0.3 is 0 Å². The zero-order chi connectivity index (χ0) is 13.4. The molecule has 1 heterocycles. The fourth-order valence-electron chi connectivity index (χ4n) is 2.12. The highest BCUT2D eigenvalue weighted by atomic mass is 32.2. The Bertz CT molecular complexity index is 313. The summed E-state index contributed by atoms with van der Waals surface area (Å²) in [7, 11) is -3.25. The van der Waals surface area contributed by atoms with E-state index in [-0.39, 0.29) is 0 Å². The molecule has 0 spiro atoms. The number of piperazine rings is 1. The third kappa shape index (κ3) is 5.19. The van der Waals surface area contributed by atoms with Gasteiger partial charge in [-0.05, 0) is 25.9 Å². The molecule has 1 aliphatic rings. The molecule has 0 aromatic rings. The van der Waals surface area contributed by atoms with Gasteiger partial charge in [0.05, 0.1) is 0 Å². The Balaban J connectivity index is 2.24. The van der Waals surface area contributed by atoms with Gasteiger partial charge in [-0.1, -0.05) is 13.3 Å². The number of nitrogens with zero attached hydrogens (tertiary/aromatic N) is 2. The third-order valence-corrected chi connectivity index (χ3v) is 4.87. The van der Waals surface area contributed by atoms with Gasteiger partial charge in [0.2, 0.25) is 0 Å². The van der Waals surface area contributed by atoms with Crippen molar-refractivity contribution in [3.63, 3.8) is 0 Å². The second kappa shape index (κ2) is 8.06. The van der Waals surface area contributed by atoms with Crippen molar-refractivity contribution in [3.05, 3.63) is 0 Å². The first-order chi connectivity index (χ1) is 8.60. The van der Waals surface area contributed by atoms with Crippen LogP contribution in [0.25, 0.3) is 0 Å². The quantitative estimate of drug-likeness (QED) is 0.592. The lowest BCUT2D eigenvalue weighted by Crippen LogP contribution is -2.52. The molecule has 108 valence electrons. The van der Waals surface area contributed by atoms with Gasteiger partial charge in [0, 0.05) is 32.7 Å². The minimum atomic E-state index is -3.25. The monoisotopic (exact) mass is 278 g/mol. The Morgan fingerprint density at radius 3 is 2.33 bits per heavy atom. The third-order valence-electron chi connectivity index (χ3n) is 3.18. The lowest BCUT2D eigenvalue weighted by atomic mass is 10.2. The van der Waals surface area contributed by atoms with E-state index in [0.29, 0.717) is 19.6 Å². The average molecular weight is 278 g/mol. The molecule has 1 rings (SSSR count). The lowest BCUT2D eigenvalue weighted by molar-refractivity contribution is 0.184. The van der Waals surface area contributed by atoms with Crippen molar-refractivity contribution in [2.24, 2.45) is 5.73 Å². The second-order valence-electron chi connectivity index (χ2n) is 4.59. The molecule has 0 aliphatic carbocycles. The van der Waals surface area contributed by atoms with E-state index in [1.165, 1.54) is 4.31 Å². The van der Waals surface area contributed by atoms with Gasteiger partial charge in [0.25, 0.3) is 10.2 Å². The SMILES string of the molecule is CCNS(=O)(=O)N1CCN(CCCCCN)CC1. The first kappa shape index (κ1) is 15.8. The molecule has 3 N–H and O–H groups in total. The van der Waals surface area contributed by atoms with Crippen LogP contribution in [0.3, 0.4) is 0 Å². The van der Waals surface area contributed by atoms with Gasteiger partial charge in [0.15, 0.2) is 0 Å². The predicted octanol–water partition coefficient (Wildman–Crippen LogP) is -0.413. The predicted molar refractivity (Wildman–Crippen MR) is 73.5 cm³/mol. The number of hydrogen-bond acceptors (Lipinski definition) is 4. The van der Waals surface area contributed by atoms with Crippen LogP contribution in [0.1, 0.15) is 26.2 Å². The van der Waals surface area contributed by atoms with E-state index in [9.17, 15) is 8.42 Å². The van der Waals surface area contributed by atoms with E-state index in [0.717, 1.165) is 45.4 Å². The zero-order valence-corrected chi connectivity index (χ0v) is 12.1. The largest absolute Gasteiger partial charge is 0.330 e. The number of rotatable bonds is 8. The molecular formula is C11H26N4O2S. The van der Waals surface area contributed by atoms with E-state index < -0.39 is 10.2 Å². The van der Waals surface area contributed by atoms with Crippen molar-refractivity contribution in [1.29, 1.82) is 0 Å². The van der Waals surface area contributed by atoms with Gasteiger partial charge in [-0.2, -0.15) is 12.7 Å². The van der Waals surface area contributed by atoms with E-state index in [4.69, 9.17) is 5.73 Å². The van der Waals surface area contributed by atoms with Crippen molar-refractivity contribution >= 4 is 10.2 Å². The van der Waals surface area contributed by atoms with Gasteiger partial charge in [-0.15, -0.1) is 0 Å². The fraction of sp³-hybridized carbons (Fsp3) is 1.00. The maximum Gasteiger partial charge on any atom is 0.279 e. The second-order valence-corrected chi connectivity index (χ2v) is 6.35. The number of hydrogen-bond donors (Lipinski definition) is 2. The molecule has 0 atom stereocenters. The lowest BCUT2D eigenvalue weighted by Gasteiger charge is -2.33. The van der Waals surface area contributed by atoms with E-state index in [2.05, 4.69) is 9.62 Å². The van der Waals surface area contributed by atoms with Crippen LogP contribution < -0.4 is 10.5 Å². The Morgan fingerprint density at radius 1 is 1.11 bits per heavy atom. The molecule has 0 unspecified atom stereocenters. The topological polar surface area (TPSA) is 78.7 Å². The van der Waals surface area contributed by atoms with Crippen LogP contribution in [-0.4, -0.2) is 63.4 Å². The maximum atomic E-state index is 11.8. The van der Waals surface area contributed by atoms with Crippen LogP contribution in [0.4, 0.5) is 0 Å². The Kier molecular flexibility index (Phi) is 7.10. The molecule has 0 bridgehead atoms. The normalized spacial score (nSPS) is 19.2. The summed E-state index contributed by atoms with van der Waals surface area (Å²) in [5.74, 6) is 0. The van der Waals surface area contributed by atoms with Gasteiger partial charge < -0.3 is 10.6 Å². The summed E-state index contributed by atoms with van der Waals surface area (Å²) in [6, 6.07) is 0. The fourth-order valence-corrected chi connectivity index (χ4v) is 3.32. The van der Waals surface area contributed by atoms with Crippen molar-refractivity contribution in [2.45, 2.75) is 26.2 Å². The minimum absolute atomic E-state index is 0.446. The Labute approximate surface area is 111 Å². The Morgan fingerprint density at radius 2 is 1.78 bits per heavy atom. The highest BCUT2D eigenvalue weighted by Crippen LogP contribution is 2.07. The molecule has 0 aromatic heterocycles. The van der Waals surface area contributed by atoms with Gasteiger partial charge in [-0.25, -0.2) is 4.72 Å². The molecule has 0 radical (unpaired) electrons. The number of nitrogens with one attached hydrogen (secondary N) is 1. The van der Waals surface area contributed by atoms with Crippen molar-refractivity contribution in [3.8, 4) is 0 Å². The van der Waals surface area contributed by atoms with E-state index in [1.807, 2.05) is 0 Å². The molecule has 0 saturated carbocycles. The summed E-state index contributed by atoms with van der Waals surface area (Å²) in [5.41, 5.74) is 5.45. The van der Waals surface area contributed by atoms with Crippen LogP contribution in [0, 0.1) is 0 Å². The van der Waals surface area contributed by atoms with Crippen LogP contribution in [-0.2, 0) is 10.2 Å². The summed E-state index contributed by atoms with van der Waals surface area (Å²) in [6.45, 7) is 6.88. The summed E-state index contributed by atoms with van der Waals surface area (Å²) in [4.78, 5) is 2.33. The average Bonchev–Trinajstić information content (AvgIpc) is 2.35. The highest BCUT2D eigenvalue weighted by molar-refractivity contribution is 7.87. The molecule has 1 fully saturated rings. The summed E-state index contributed by atoms with van der Waals surface area (Å²) in [5, 5.41) is 0. The maximum absolute atomic E-state index is 11.8. The molecule has 1 saturated heterocycles. The minimum Gasteiger partial charge on any atom is -0.330 e. The van der Waals surface area contributed by atoms with Gasteiger partial charge in [0.1, 0.15) is 0 Å². The van der Waals surface area contributed by atoms with E-state index in [1.54, 1.807) is 6.92 Å². The number of nitrogens with two attached hydrogens (primary N) is 1. The van der Waals surface area contributed by atoms with Crippen LogP contribution in [0.15, 0.2) is 0 Å². The highest BCUT2D eigenvalue weighted by Gasteiger charge is 2.25. The summed E-state index contributed by atoms with van der Waals surface area (Å²) in [6.07, 6.45) is 3.39. The molecule has 0 aromatic carbocycles. The first-order valence-corrected chi connectivity index (χ1v) is 8.21. The Hall–Kier alpha value is -0.210. The molecule has 18 heavy (non-hydrogen) atoms. The van der Waals surface area contributed by atoms with E-state index >= 15 is 0 Å². The van der Waals surface area contributed by atoms with Crippen molar-refractivity contribution in [1.82, 2.24) is 13.9 Å². The molecule has 7 heteroatoms. The van der Waals surface area contributed by atoms with Crippen LogP contribution in [0.5, 0.6) is 0 Å². The zero-order valence-electron chi connectivity index (χ0n) is 11.3. The van der Waals surface area contributed by atoms with Crippen molar-refractivity contribution in [2.75, 3.05) is 45.8 Å². The molecule has 6 nitrogen and oxygen atoms in total. The summed E-state index contributed by atoms with van der Waals surface area (Å²) < 4.78 is 27.6. The standard InChI is InChI=1S/C11H26N4O2S/c1-2-13-18(16,17)15-10-8-14(9-11-15)7-5-3-4-6-12/h13H,2-12H2,1H3. The molecule has 0 amide bonds. The first-order valence-electron chi connectivity index (χ1n) is 6.77. The van der Waals surface area contributed by atoms with Crippen LogP contribution in [0.2, 0.25) is 0 Å². The number of unbranched alkanes of at least 4 members (excludes halogenated alkanes) is 2. The summed E-state index contributed by atoms with van der Waals surface area (Å²) >= 11 is 0. The smallest absolute Gasteiger partial charge is 0.279 e. The van der Waals surface area contributed by atoms with Gasteiger partial charge in [-0.3, -0.25) is 0 Å². The van der Waals surface area contributed by atoms with Crippen molar-refractivity contribution < 1.29 is 8.42 Å².